The first-order valence-corrected chi connectivity index (χ1v) is 31.0. The second-order valence-electron chi connectivity index (χ2n) is 18.2. The summed E-state index contributed by atoms with van der Waals surface area (Å²) in [4.78, 5) is 0. The Morgan fingerprint density at radius 1 is 0.380 bits per heavy atom. The average molecular weight is 835 g/mol. The fraction of sp³-hybridized carbons (Fsp3) is 0.476. The molecule has 0 fully saturated rings. The van der Waals surface area contributed by atoms with Gasteiger partial charge in [-0.15, -0.1) is 0 Å². The number of hydrogen-bond donors (Lipinski definition) is 0. The van der Waals surface area contributed by atoms with Crippen molar-refractivity contribution < 1.29 is 57.7 Å². The van der Waals surface area contributed by atoms with Crippen LogP contribution in [0.1, 0.15) is 61.1 Å². The maximum atomic E-state index is 2.69. The standard InChI is InChI=1S/C42H63Si4.3ClH.Ti/c1-26-20-36(43(11,12)13)33(8)39(23-26)46(42-31(6)29(4)30(5)32(42)7,40-24-27(2)21-37(34(40)9)44(14,15)16)41-25-28(3)22-38(35(41)10)45(17,18)19;;;;/h20-25H,1-19H3;3*1H;/q;;;;+3/p-3. The van der Waals surface area contributed by atoms with Gasteiger partial charge in [0, 0.05) is 0 Å². The Morgan fingerprint density at radius 2 is 0.580 bits per heavy atom. The molecule has 0 unspecified atom stereocenters. The van der Waals surface area contributed by atoms with Crippen molar-refractivity contribution in [3.05, 3.63) is 92.1 Å². The zero-order valence-electron chi connectivity index (χ0n) is 34.6. The van der Waals surface area contributed by atoms with Crippen LogP contribution in [0.4, 0.5) is 0 Å². The predicted octanol–water partition coefficient (Wildman–Crippen LogP) is -0.414. The van der Waals surface area contributed by atoms with Crippen LogP contribution in [0, 0.1) is 41.5 Å². The molecule has 50 heavy (non-hydrogen) atoms. The van der Waals surface area contributed by atoms with Crippen molar-refractivity contribution in [1.82, 2.24) is 0 Å². The molecule has 0 saturated carbocycles. The quantitative estimate of drug-likeness (QED) is 0.225. The monoisotopic (exact) mass is 832 g/mol. The summed E-state index contributed by atoms with van der Waals surface area (Å²) in [5.74, 6) is 0. The molecule has 4 rings (SSSR count). The summed E-state index contributed by atoms with van der Waals surface area (Å²) in [6, 6.07) is 15.7. The number of hydrogen-bond acceptors (Lipinski definition) is 0. The van der Waals surface area contributed by atoms with Crippen LogP contribution in [-0.4, -0.2) is 32.3 Å². The fourth-order valence-corrected chi connectivity index (χ4v) is 24.7. The molecule has 0 nitrogen and oxygen atoms in total. The van der Waals surface area contributed by atoms with E-state index >= 15 is 0 Å². The Labute approximate surface area is 341 Å². The Hall–Kier alpha value is -0.408. The first-order chi connectivity index (χ1) is 21.2. The van der Waals surface area contributed by atoms with Crippen molar-refractivity contribution >= 4 is 63.4 Å². The van der Waals surface area contributed by atoms with Crippen molar-refractivity contribution in [2.45, 2.75) is 132 Å². The maximum absolute atomic E-state index is 2.93. The van der Waals surface area contributed by atoms with Crippen molar-refractivity contribution in [2.75, 3.05) is 0 Å². The molecule has 0 radical (unpaired) electrons. The van der Waals surface area contributed by atoms with Crippen LogP contribution in [0.3, 0.4) is 0 Å². The van der Waals surface area contributed by atoms with Gasteiger partial charge in [-0.1, -0.05) is 0 Å². The molecule has 0 spiro atoms. The molecule has 3 aromatic carbocycles. The first kappa shape index (κ1) is 47.6. The Kier molecular flexibility index (Phi) is 15.0. The van der Waals surface area contributed by atoms with E-state index in [0.717, 1.165) is 0 Å². The van der Waals surface area contributed by atoms with Gasteiger partial charge in [-0.2, -0.15) is 0 Å². The number of benzene rings is 3. The fourth-order valence-electron chi connectivity index (χ4n) is 9.09. The molecular formula is C42H63Cl3Si4Ti. The van der Waals surface area contributed by atoms with Gasteiger partial charge < -0.3 is 37.2 Å². The second-order valence-corrected chi connectivity index (χ2v) is 39.1. The molecule has 0 aliphatic heterocycles. The summed E-state index contributed by atoms with van der Waals surface area (Å²) in [7, 11) is -7.93. The summed E-state index contributed by atoms with van der Waals surface area (Å²) >= 11 is 2.69. The van der Waals surface area contributed by atoms with Crippen LogP contribution in [0.15, 0.2) is 58.7 Å². The van der Waals surface area contributed by atoms with Gasteiger partial charge in [0.15, 0.2) is 0 Å². The third-order valence-electron chi connectivity index (χ3n) is 11.7. The first-order valence-electron chi connectivity index (χ1n) is 17.7. The van der Waals surface area contributed by atoms with E-state index in [1.807, 2.05) is 0 Å². The topological polar surface area (TPSA) is 0 Å². The molecule has 0 N–H and O–H groups in total. The molecule has 0 bridgehead atoms. The van der Waals surface area contributed by atoms with E-state index in [9.17, 15) is 0 Å². The number of allylic oxidation sites excluding steroid dienone is 4. The molecule has 3 aromatic rings. The van der Waals surface area contributed by atoms with Gasteiger partial charge in [0.25, 0.3) is 0 Å². The van der Waals surface area contributed by atoms with Crippen LogP contribution in [0.5, 0.6) is 0 Å². The summed E-state index contributed by atoms with van der Waals surface area (Å²) in [6.45, 7) is 47.4. The zero-order valence-corrected chi connectivity index (χ0v) is 42.4. The van der Waals surface area contributed by atoms with Gasteiger partial charge in [-0.25, -0.2) is 0 Å². The zero-order chi connectivity index (χ0) is 36.0. The Morgan fingerprint density at radius 3 is 0.780 bits per heavy atom. The van der Waals surface area contributed by atoms with Gasteiger partial charge in [0.1, 0.15) is 0 Å². The van der Waals surface area contributed by atoms with Gasteiger partial charge >= 0.3 is 307 Å². The van der Waals surface area contributed by atoms with E-state index in [-0.39, 0.29) is 40.6 Å². The minimum absolute atomic E-state index is 0. The minimum Gasteiger partial charge on any atom is -1.00 e. The molecule has 0 atom stereocenters. The molecule has 0 saturated heterocycles. The van der Waals surface area contributed by atoms with E-state index in [1.54, 1.807) is 59.0 Å². The maximum Gasteiger partial charge on any atom is -1.00 e. The van der Waals surface area contributed by atoms with Crippen LogP contribution in [0.2, 0.25) is 62.3 Å². The molecule has 272 valence electrons. The third-order valence-corrected chi connectivity index (χ3v) is 26.9. The van der Waals surface area contributed by atoms with Gasteiger partial charge in [-0.05, 0) is 0 Å². The van der Waals surface area contributed by atoms with Crippen LogP contribution in [-0.2, 0) is 20.4 Å². The van der Waals surface area contributed by atoms with Crippen molar-refractivity contribution in [2.24, 2.45) is 0 Å². The summed E-state index contributed by atoms with van der Waals surface area (Å²) < 4.78 is -0.124. The van der Waals surface area contributed by atoms with Gasteiger partial charge in [0.2, 0.25) is 0 Å². The predicted molar refractivity (Wildman–Crippen MR) is 221 cm³/mol. The van der Waals surface area contributed by atoms with Crippen LogP contribution < -0.4 is 68.3 Å². The van der Waals surface area contributed by atoms with E-state index in [1.165, 1.54) is 27.8 Å². The minimum atomic E-state index is -2.93. The third kappa shape index (κ3) is 7.60. The summed E-state index contributed by atoms with van der Waals surface area (Å²) in [5, 5.41) is 9.87. The van der Waals surface area contributed by atoms with E-state index < -0.39 is 32.3 Å². The molecule has 8 heteroatoms. The average Bonchev–Trinajstić information content (AvgIpc) is 3.07. The van der Waals surface area contributed by atoms with Gasteiger partial charge in [-0.3, -0.25) is 0 Å². The van der Waals surface area contributed by atoms with Gasteiger partial charge in [0.05, 0.1) is 0 Å². The van der Waals surface area contributed by atoms with E-state index in [4.69, 9.17) is 0 Å². The number of aryl methyl sites for hydroxylation is 3. The molecule has 1 aliphatic carbocycles. The van der Waals surface area contributed by atoms with Crippen molar-refractivity contribution in [3.8, 4) is 0 Å². The Balaban J connectivity index is 0.00000417. The molecule has 0 heterocycles. The SMILES string of the molecule is CC1=C(C)[C]([Ti+3])([Si](c2cc(C)cc([Si](C)(C)C)c2C)(c2cc(C)cc([Si](C)(C)C)c2C)c2cc(C)cc([Si](C)(C)C)c2C)C(C)=C1C.[Cl-].[Cl-].[Cl-]. The van der Waals surface area contributed by atoms with E-state index in [0.29, 0.717) is 0 Å². The molecule has 1 aliphatic rings. The normalized spacial score (nSPS) is 15.1. The van der Waals surface area contributed by atoms with Crippen LogP contribution in [0.25, 0.3) is 0 Å². The van der Waals surface area contributed by atoms with Crippen LogP contribution >= 0.6 is 0 Å². The second kappa shape index (κ2) is 15.8. The molecule has 0 aromatic heterocycles. The summed E-state index contributed by atoms with van der Waals surface area (Å²) in [5.41, 5.74) is 15.1. The number of rotatable bonds is 7. The smallest absolute Gasteiger partial charge is 1.00 e. The molecular weight excluding hydrogens is 771 g/mol. The Bertz CT molecular complexity index is 1660. The molecule has 0 amide bonds. The number of halogens is 3. The van der Waals surface area contributed by atoms with Crippen molar-refractivity contribution in [3.63, 3.8) is 0 Å². The van der Waals surface area contributed by atoms with Crippen molar-refractivity contribution in [1.29, 1.82) is 0 Å². The summed E-state index contributed by atoms with van der Waals surface area (Å²) in [6.07, 6.45) is 0. The van der Waals surface area contributed by atoms with E-state index in [2.05, 4.69) is 185 Å². The largest absolute Gasteiger partial charge is 1.00 e.